The molecule has 0 unspecified atom stereocenters. The Kier molecular flexibility index (Phi) is 6.53. The minimum Gasteiger partial charge on any atom is -0.493 e. The molecule has 10 heteroatoms. The van der Waals surface area contributed by atoms with E-state index < -0.39 is 34.4 Å². The second-order valence-corrected chi connectivity index (χ2v) is 8.28. The summed E-state index contributed by atoms with van der Waals surface area (Å²) in [6, 6.07) is 2.44. The molecular weight excluding hydrogens is 378 g/mol. The average Bonchev–Trinajstić information content (AvgIpc) is 3.03. The molecule has 1 aliphatic rings. The molecule has 2 rings (SSSR count). The van der Waals surface area contributed by atoms with Crippen molar-refractivity contribution >= 4 is 21.7 Å². The molecule has 1 aromatic rings. The lowest BCUT2D eigenvalue weighted by Gasteiger charge is -2.23. The summed E-state index contributed by atoms with van der Waals surface area (Å²) >= 11 is 0. The third-order valence-electron chi connectivity index (χ3n) is 4.38. The molecule has 1 saturated heterocycles. The summed E-state index contributed by atoms with van der Waals surface area (Å²) in [5, 5.41) is 0. The van der Waals surface area contributed by atoms with Crippen LogP contribution in [-0.4, -0.2) is 77.7 Å². The van der Waals surface area contributed by atoms with Crippen LogP contribution in [0.1, 0.15) is 16.8 Å². The highest BCUT2D eigenvalue weighted by Gasteiger charge is 2.33. The molecule has 27 heavy (non-hydrogen) atoms. The van der Waals surface area contributed by atoms with Gasteiger partial charge in [0, 0.05) is 13.1 Å². The van der Waals surface area contributed by atoms with Crippen LogP contribution >= 0.6 is 0 Å². The first-order valence-electron chi connectivity index (χ1n) is 8.15. The second kappa shape index (κ2) is 8.47. The van der Waals surface area contributed by atoms with Gasteiger partial charge in [0.25, 0.3) is 5.91 Å². The van der Waals surface area contributed by atoms with E-state index in [1.165, 1.54) is 45.4 Å². The number of hydrogen-bond donors (Lipinski definition) is 0. The second-order valence-electron chi connectivity index (χ2n) is 6.05. The Labute approximate surface area is 158 Å². The summed E-state index contributed by atoms with van der Waals surface area (Å²) in [6.07, 6.45) is 0.380. The van der Waals surface area contributed by atoms with Crippen LogP contribution < -0.4 is 14.2 Å². The van der Waals surface area contributed by atoms with E-state index in [0.29, 0.717) is 12.2 Å². The van der Waals surface area contributed by atoms with Crippen LogP contribution in [0.25, 0.3) is 0 Å². The van der Waals surface area contributed by atoms with Gasteiger partial charge in [0.05, 0.1) is 38.4 Å². The number of nitrogens with zero attached hydrogens (tertiary/aromatic N) is 1. The molecule has 0 N–H and O–H groups in total. The Bertz CT molecular complexity index is 795. The quantitative estimate of drug-likeness (QED) is 0.608. The van der Waals surface area contributed by atoms with E-state index in [9.17, 15) is 18.0 Å². The minimum absolute atomic E-state index is 0.0561. The van der Waals surface area contributed by atoms with E-state index in [-0.39, 0.29) is 28.6 Å². The Morgan fingerprint density at radius 2 is 1.70 bits per heavy atom. The van der Waals surface area contributed by atoms with Gasteiger partial charge in [-0.25, -0.2) is 13.2 Å². The predicted molar refractivity (Wildman–Crippen MR) is 96.2 cm³/mol. The van der Waals surface area contributed by atoms with Crippen molar-refractivity contribution in [2.45, 2.75) is 12.5 Å². The standard InChI is InChI=1S/C17H23NO8S/c1-18(12-5-6-27(21,22)10-12)15(19)9-26-17(20)11-7-13(23-2)16(25-4)14(8-11)24-3/h7-8,12H,5-6,9-10H2,1-4H3/t12-/m1/s1. The van der Waals surface area contributed by atoms with Gasteiger partial charge in [-0.3, -0.25) is 4.79 Å². The first-order valence-corrected chi connectivity index (χ1v) is 9.97. The van der Waals surface area contributed by atoms with E-state index in [1.807, 2.05) is 0 Å². The Morgan fingerprint density at radius 1 is 1.11 bits per heavy atom. The molecule has 9 nitrogen and oxygen atoms in total. The zero-order valence-electron chi connectivity index (χ0n) is 15.7. The van der Waals surface area contributed by atoms with Crippen molar-refractivity contribution < 1.29 is 37.0 Å². The van der Waals surface area contributed by atoms with Gasteiger partial charge >= 0.3 is 5.97 Å². The highest BCUT2D eigenvalue weighted by atomic mass is 32.2. The number of likely N-dealkylation sites (N-methyl/N-ethyl adjacent to an activating group) is 1. The fourth-order valence-electron chi connectivity index (χ4n) is 2.80. The molecule has 1 amide bonds. The molecule has 150 valence electrons. The fraction of sp³-hybridized carbons (Fsp3) is 0.529. The maximum Gasteiger partial charge on any atom is 0.338 e. The molecule has 0 radical (unpaired) electrons. The zero-order valence-corrected chi connectivity index (χ0v) is 16.5. The first kappa shape index (κ1) is 20.8. The number of carbonyl (C=O) groups excluding carboxylic acids is 2. The van der Waals surface area contributed by atoms with E-state index in [1.54, 1.807) is 0 Å². The molecule has 1 aromatic carbocycles. The molecule has 1 fully saturated rings. The summed E-state index contributed by atoms with van der Waals surface area (Å²) in [5.41, 5.74) is 0.128. The van der Waals surface area contributed by atoms with Gasteiger partial charge in [0.15, 0.2) is 27.9 Å². The molecule has 0 spiro atoms. The lowest BCUT2D eigenvalue weighted by molar-refractivity contribution is -0.134. The lowest BCUT2D eigenvalue weighted by Crippen LogP contribution is -2.40. The zero-order chi connectivity index (χ0) is 20.2. The number of amides is 1. The number of benzene rings is 1. The predicted octanol–water partition coefficient (Wildman–Crippen LogP) is 0.515. The van der Waals surface area contributed by atoms with Crippen LogP contribution in [0.3, 0.4) is 0 Å². The third-order valence-corrected chi connectivity index (χ3v) is 6.13. The SMILES string of the molecule is COc1cc(C(=O)OCC(=O)N(C)[C@@H]2CCS(=O)(=O)C2)cc(OC)c1OC. The fourth-order valence-corrected chi connectivity index (χ4v) is 4.57. The van der Waals surface area contributed by atoms with Crippen molar-refractivity contribution in [1.82, 2.24) is 4.90 Å². The summed E-state index contributed by atoms with van der Waals surface area (Å²) in [4.78, 5) is 25.8. The summed E-state index contributed by atoms with van der Waals surface area (Å²) in [7, 11) is 2.66. The average molecular weight is 401 g/mol. The number of carbonyl (C=O) groups is 2. The monoisotopic (exact) mass is 401 g/mol. The number of esters is 1. The molecule has 0 bridgehead atoms. The number of methoxy groups -OCH3 is 3. The van der Waals surface area contributed by atoms with Crippen molar-refractivity contribution in [3.05, 3.63) is 17.7 Å². The normalized spacial score (nSPS) is 17.9. The first-order chi connectivity index (χ1) is 12.7. The molecule has 1 aliphatic heterocycles. The maximum absolute atomic E-state index is 12.3. The number of ether oxygens (including phenoxy) is 4. The van der Waals surface area contributed by atoms with Gasteiger partial charge in [0.2, 0.25) is 5.75 Å². The van der Waals surface area contributed by atoms with Crippen LogP contribution in [0.15, 0.2) is 12.1 Å². The molecule has 0 aliphatic carbocycles. The van der Waals surface area contributed by atoms with Crippen LogP contribution in [0.5, 0.6) is 17.2 Å². The maximum atomic E-state index is 12.3. The summed E-state index contributed by atoms with van der Waals surface area (Å²) < 4.78 is 43.7. The number of sulfone groups is 1. The van der Waals surface area contributed by atoms with E-state index >= 15 is 0 Å². The van der Waals surface area contributed by atoms with Crippen molar-refractivity contribution in [3.63, 3.8) is 0 Å². The molecule has 1 heterocycles. The highest BCUT2D eigenvalue weighted by molar-refractivity contribution is 7.91. The lowest BCUT2D eigenvalue weighted by atomic mass is 10.2. The van der Waals surface area contributed by atoms with Gasteiger partial charge in [-0.05, 0) is 18.6 Å². The van der Waals surface area contributed by atoms with Gasteiger partial charge < -0.3 is 23.8 Å². The largest absolute Gasteiger partial charge is 0.493 e. The number of rotatable bonds is 7. The number of hydrogen-bond acceptors (Lipinski definition) is 8. The van der Waals surface area contributed by atoms with Crippen molar-refractivity contribution in [2.75, 3.05) is 46.5 Å². The molecular formula is C17H23NO8S. The van der Waals surface area contributed by atoms with Gasteiger partial charge in [-0.2, -0.15) is 0 Å². The topological polar surface area (TPSA) is 108 Å². The summed E-state index contributed by atoms with van der Waals surface area (Å²) in [5.74, 6) is -0.342. The van der Waals surface area contributed by atoms with Gasteiger partial charge in [-0.1, -0.05) is 0 Å². The van der Waals surface area contributed by atoms with E-state index in [2.05, 4.69) is 0 Å². The Morgan fingerprint density at radius 3 is 2.15 bits per heavy atom. The molecule has 1 atom stereocenters. The van der Waals surface area contributed by atoms with E-state index in [0.717, 1.165) is 0 Å². The smallest absolute Gasteiger partial charge is 0.338 e. The summed E-state index contributed by atoms with van der Waals surface area (Å²) in [6.45, 7) is -0.497. The molecule has 0 saturated carbocycles. The Hall–Kier alpha value is -2.49. The molecule has 0 aromatic heterocycles. The van der Waals surface area contributed by atoms with E-state index in [4.69, 9.17) is 18.9 Å². The Balaban J connectivity index is 2.04. The van der Waals surface area contributed by atoms with Crippen molar-refractivity contribution in [3.8, 4) is 17.2 Å². The van der Waals surface area contributed by atoms with Gasteiger partial charge in [-0.15, -0.1) is 0 Å². The van der Waals surface area contributed by atoms with Crippen LogP contribution in [0, 0.1) is 0 Å². The van der Waals surface area contributed by atoms with Crippen LogP contribution in [0.4, 0.5) is 0 Å². The highest BCUT2D eigenvalue weighted by Crippen LogP contribution is 2.38. The van der Waals surface area contributed by atoms with Crippen molar-refractivity contribution in [2.24, 2.45) is 0 Å². The van der Waals surface area contributed by atoms with Gasteiger partial charge in [0.1, 0.15) is 0 Å². The third kappa shape index (κ3) is 4.82. The van der Waals surface area contributed by atoms with Crippen LogP contribution in [-0.2, 0) is 19.4 Å². The minimum atomic E-state index is -3.11. The van der Waals surface area contributed by atoms with Crippen LogP contribution in [0.2, 0.25) is 0 Å². The van der Waals surface area contributed by atoms with Crippen molar-refractivity contribution in [1.29, 1.82) is 0 Å².